The molecular formula is C16H20N2O3. The summed E-state index contributed by atoms with van der Waals surface area (Å²) in [6, 6.07) is 3.77. The first-order valence-corrected chi connectivity index (χ1v) is 6.61. The van der Waals surface area contributed by atoms with E-state index in [1.807, 2.05) is 42.4 Å². The first-order chi connectivity index (χ1) is 10.2. The highest BCUT2D eigenvalue weighted by Crippen LogP contribution is 2.35. The van der Waals surface area contributed by atoms with Crippen LogP contribution in [-0.2, 0) is 0 Å². The smallest absolute Gasteiger partial charge is 0.133 e. The molecule has 0 spiro atoms. The fourth-order valence-corrected chi connectivity index (χ4v) is 2.09. The highest BCUT2D eigenvalue weighted by Gasteiger charge is 2.13. The molecule has 21 heavy (non-hydrogen) atoms. The van der Waals surface area contributed by atoms with Crippen molar-refractivity contribution in [1.29, 1.82) is 0 Å². The van der Waals surface area contributed by atoms with Gasteiger partial charge in [0.2, 0.25) is 0 Å². The maximum Gasteiger partial charge on any atom is 0.133 e. The molecule has 1 aromatic rings. The monoisotopic (exact) mass is 288 g/mol. The summed E-state index contributed by atoms with van der Waals surface area (Å²) in [7, 11) is 6.80. The van der Waals surface area contributed by atoms with Crippen LogP contribution in [-0.4, -0.2) is 45.6 Å². The molecule has 2 rings (SSSR count). The van der Waals surface area contributed by atoms with Crippen LogP contribution in [0.1, 0.15) is 5.56 Å². The van der Waals surface area contributed by atoms with Gasteiger partial charge >= 0.3 is 0 Å². The van der Waals surface area contributed by atoms with Crippen molar-refractivity contribution < 1.29 is 14.2 Å². The van der Waals surface area contributed by atoms with Crippen LogP contribution < -0.4 is 14.2 Å². The number of benzene rings is 1. The van der Waals surface area contributed by atoms with Gasteiger partial charge in [0.15, 0.2) is 0 Å². The van der Waals surface area contributed by atoms with Gasteiger partial charge in [-0.05, 0) is 12.2 Å². The van der Waals surface area contributed by atoms with Crippen molar-refractivity contribution in [2.45, 2.75) is 6.04 Å². The van der Waals surface area contributed by atoms with Crippen molar-refractivity contribution in [3.8, 4) is 17.2 Å². The fourth-order valence-electron chi connectivity index (χ4n) is 2.09. The Kier molecular flexibility index (Phi) is 4.87. The Morgan fingerprint density at radius 3 is 2.29 bits per heavy atom. The largest absolute Gasteiger partial charge is 0.496 e. The number of methoxy groups -OCH3 is 3. The molecule has 0 saturated heterocycles. The number of hydrogen-bond acceptors (Lipinski definition) is 5. The van der Waals surface area contributed by atoms with Crippen molar-refractivity contribution >= 4 is 12.3 Å². The summed E-state index contributed by atoms with van der Waals surface area (Å²) in [5, 5.41) is 6.10. The predicted molar refractivity (Wildman–Crippen MR) is 84.3 cm³/mol. The third kappa shape index (κ3) is 3.37. The van der Waals surface area contributed by atoms with Crippen LogP contribution in [0.2, 0.25) is 0 Å². The van der Waals surface area contributed by atoms with Crippen molar-refractivity contribution in [2.75, 3.05) is 28.4 Å². The number of ether oxygens (including phenoxy) is 3. The fraction of sp³-hybridized carbons (Fsp3) is 0.312. The van der Waals surface area contributed by atoms with Crippen LogP contribution >= 0.6 is 0 Å². The molecule has 1 aliphatic rings. The Labute approximate surface area is 125 Å². The zero-order chi connectivity index (χ0) is 15.2. The summed E-state index contributed by atoms with van der Waals surface area (Å²) in [5.74, 6) is 2.10. The zero-order valence-electron chi connectivity index (χ0n) is 12.7. The van der Waals surface area contributed by atoms with Crippen molar-refractivity contribution in [3.05, 3.63) is 35.9 Å². The zero-order valence-corrected chi connectivity index (χ0v) is 12.7. The van der Waals surface area contributed by atoms with E-state index >= 15 is 0 Å². The minimum absolute atomic E-state index is 0.103. The lowest BCUT2D eigenvalue weighted by Crippen LogP contribution is -2.25. The molecule has 0 bridgehead atoms. The number of hydrogen-bond donors (Lipinski definition) is 0. The summed E-state index contributed by atoms with van der Waals surface area (Å²) < 4.78 is 16.1. The van der Waals surface area contributed by atoms with E-state index in [0.717, 1.165) is 5.56 Å². The lowest BCUT2D eigenvalue weighted by Gasteiger charge is -2.21. The lowest BCUT2D eigenvalue weighted by molar-refractivity contribution is 0.336. The quantitative estimate of drug-likeness (QED) is 0.835. The minimum atomic E-state index is 0.103. The van der Waals surface area contributed by atoms with E-state index in [-0.39, 0.29) is 6.04 Å². The molecule has 112 valence electrons. The topological polar surface area (TPSA) is 43.3 Å². The van der Waals surface area contributed by atoms with Gasteiger partial charge in [-0.15, -0.1) is 0 Å². The highest BCUT2D eigenvalue weighted by molar-refractivity contribution is 5.72. The predicted octanol–water partition coefficient (Wildman–Crippen LogP) is 2.58. The van der Waals surface area contributed by atoms with Gasteiger partial charge in [-0.25, -0.2) is 0 Å². The summed E-state index contributed by atoms with van der Waals surface area (Å²) in [6.07, 6.45) is 9.77. The normalized spacial score (nSPS) is 17.3. The van der Waals surface area contributed by atoms with Crippen LogP contribution in [0.5, 0.6) is 17.2 Å². The van der Waals surface area contributed by atoms with Gasteiger partial charge in [-0.3, -0.25) is 5.01 Å². The maximum absolute atomic E-state index is 5.42. The molecule has 0 aromatic heterocycles. The van der Waals surface area contributed by atoms with Crippen molar-refractivity contribution in [3.63, 3.8) is 0 Å². The van der Waals surface area contributed by atoms with Gasteiger partial charge in [-0.2, -0.15) is 5.10 Å². The Balaban J connectivity index is 2.34. The molecule has 0 radical (unpaired) electrons. The molecule has 1 aliphatic heterocycles. The first kappa shape index (κ1) is 15.0. The molecule has 0 fully saturated rings. The number of rotatable bonds is 5. The first-order valence-electron chi connectivity index (χ1n) is 6.61. The standard InChI is InChI=1S/C16H20N2O3/c1-18-12(6-5-9-17-18)7-8-14-15(20-3)10-13(19-2)11-16(14)21-4/h5-12H,1-4H3/b8-7+. The molecule has 1 unspecified atom stereocenters. The van der Waals surface area contributed by atoms with E-state index in [1.54, 1.807) is 27.5 Å². The lowest BCUT2D eigenvalue weighted by atomic mass is 10.1. The average molecular weight is 288 g/mol. The summed E-state index contributed by atoms with van der Waals surface area (Å²) >= 11 is 0. The van der Waals surface area contributed by atoms with E-state index < -0.39 is 0 Å². The second kappa shape index (κ2) is 6.83. The maximum atomic E-state index is 5.42. The number of nitrogens with zero attached hydrogens (tertiary/aromatic N) is 2. The van der Waals surface area contributed by atoms with Crippen LogP contribution in [0.15, 0.2) is 35.5 Å². The third-order valence-electron chi connectivity index (χ3n) is 3.29. The van der Waals surface area contributed by atoms with E-state index in [2.05, 4.69) is 11.2 Å². The number of allylic oxidation sites excluding steroid dienone is 1. The van der Waals surface area contributed by atoms with Gasteiger partial charge in [0.25, 0.3) is 0 Å². The van der Waals surface area contributed by atoms with Crippen LogP contribution in [0.3, 0.4) is 0 Å². The van der Waals surface area contributed by atoms with Gasteiger partial charge < -0.3 is 14.2 Å². The minimum Gasteiger partial charge on any atom is -0.496 e. The Bertz CT molecular complexity index is 554. The molecule has 1 atom stereocenters. The van der Waals surface area contributed by atoms with Crippen LogP contribution in [0, 0.1) is 0 Å². The molecule has 5 nitrogen and oxygen atoms in total. The molecule has 0 amide bonds. The van der Waals surface area contributed by atoms with E-state index in [4.69, 9.17) is 14.2 Å². The molecular weight excluding hydrogens is 268 g/mol. The van der Waals surface area contributed by atoms with Crippen molar-refractivity contribution in [2.24, 2.45) is 5.10 Å². The number of likely N-dealkylation sites (N-methyl/N-ethyl adjacent to an activating group) is 1. The molecule has 5 heteroatoms. The molecule has 1 aromatic carbocycles. The van der Waals surface area contributed by atoms with Gasteiger partial charge in [0, 0.05) is 25.4 Å². The van der Waals surface area contributed by atoms with E-state index in [1.165, 1.54) is 0 Å². The van der Waals surface area contributed by atoms with Crippen LogP contribution in [0.25, 0.3) is 6.08 Å². The Morgan fingerprint density at radius 1 is 1.10 bits per heavy atom. The van der Waals surface area contributed by atoms with Gasteiger partial charge in [0.05, 0.1) is 32.9 Å². The Hall–Kier alpha value is -2.43. The average Bonchev–Trinajstić information content (AvgIpc) is 2.53. The van der Waals surface area contributed by atoms with Crippen molar-refractivity contribution in [1.82, 2.24) is 5.01 Å². The van der Waals surface area contributed by atoms with Gasteiger partial charge in [0.1, 0.15) is 17.2 Å². The van der Waals surface area contributed by atoms with Crippen LogP contribution in [0.4, 0.5) is 0 Å². The number of hydrazone groups is 1. The Morgan fingerprint density at radius 2 is 1.76 bits per heavy atom. The molecule has 0 aliphatic carbocycles. The summed E-state index contributed by atoms with van der Waals surface area (Å²) in [5.41, 5.74) is 0.872. The van der Waals surface area contributed by atoms with E-state index in [0.29, 0.717) is 17.2 Å². The van der Waals surface area contributed by atoms with E-state index in [9.17, 15) is 0 Å². The molecule has 0 N–H and O–H groups in total. The second-order valence-electron chi connectivity index (χ2n) is 4.52. The third-order valence-corrected chi connectivity index (χ3v) is 3.29. The summed E-state index contributed by atoms with van der Waals surface area (Å²) in [6.45, 7) is 0. The SMILES string of the molecule is COc1cc(OC)c(/C=C/C2C=CC=NN2C)c(OC)c1. The van der Waals surface area contributed by atoms with Gasteiger partial charge in [-0.1, -0.05) is 12.2 Å². The molecule has 0 saturated carbocycles. The second-order valence-corrected chi connectivity index (χ2v) is 4.52. The molecule has 1 heterocycles. The highest BCUT2D eigenvalue weighted by atomic mass is 16.5. The summed E-state index contributed by atoms with van der Waals surface area (Å²) in [4.78, 5) is 0.